The van der Waals surface area contributed by atoms with Crippen LogP contribution >= 0.6 is 0 Å². The van der Waals surface area contributed by atoms with E-state index in [9.17, 15) is 0 Å². The molecule has 0 heterocycles. The molecule has 46 valence electrons. The second-order valence-electron chi connectivity index (χ2n) is 0. The molecule has 0 aliphatic carbocycles. The molecule has 0 saturated carbocycles. The van der Waals surface area contributed by atoms with Crippen molar-refractivity contribution in [1.82, 2.24) is 0 Å². The van der Waals surface area contributed by atoms with E-state index < -0.39 is 0 Å². The molecule has 0 aromatic heterocycles. The SMILES string of the molecule is [Cl+].[F-].[F-].[F-].[F-].[F-].[Ti+4]. The van der Waals surface area contributed by atoms with E-state index in [1.54, 1.807) is 0 Å². The van der Waals surface area contributed by atoms with Crippen molar-refractivity contribution in [1.29, 1.82) is 0 Å². The van der Waals surface area contributed by atoms with Gasteiger partial charge >= 0.3 is 34.1 Å². The molecule has 0 N–H and O–H groups in total. The predicted octanol–water partition coefficient (Wildman–Crippen LogP) is -15.0. The maximum absolute atomic E-state index is 0. The Hall–Kier alpha value is 0.654. The van der Waals surface area contributed by atoms with Crippen LogP contribution in [0.2, 0.25) is 0 Å². The maximum atomic E-state index is 0. The van der Waals surface area contributed by atoms with Crippen molar-refractivity contribution in [2.24, 2.45) is 0 Å². The average molecular weight is 178 g/mol. The summed E-state index contributed by atoms with van der Waals surface area (Å²) < 4.78 is 0. The minimum atomic E-state index is 0. The van der Waals surface area contributed by atoms with E-state index in [4.69, 9.17) is 0 Å². The standard InChI is InChI=1S/Cl.5FH.Ti/h;5*1H;/q+1;;;;;;+4/p-5. The van der Waals surface area contributed by atoms with Crippen LogP contribution in [0.15, 0.2) is 0 Å². The predicted molar refractivity (Wildman–Crippen MR) is 0 cm³/mol. The van der Waals surface area contributed by atoms with Gasteiger partial charge in [0.15, 0.2) is 0 Å². The maximum Gasteiger partial charge on any atom is 4.00 e. The van der Waals surface area contributed by atoms with Gasteiger partial charge in [-0.05, 0) is 0 Å². The minimum Gasteiger partial charge on any atom is -1.00 e. The van der Waals surface area contributed by atoms with Gasteiger partial charge in [-0.3, -0.25) is 0 Å². The van der Waals surface area contributed by atoms with Crippen LogP contribution in [0.4, 0.5) is 0 Å². The Kier molecular flexibility index (Phi) is 56200. The molecule has 7 heavy (non-hydrogen) atoms. The second kappa shape index (κ2) is 497. The van der Waals surface area contributed by atoms with Gasteiger partial charge in [0, 0.05) is 0 Å². The van der Waals surface area contributed by atoms with Crippen molar-refractivity contribution in [2.45, 2.75) is 0 Å². The molecule has 0 rings (SSSR count). The van der Waals surface area contributed by atoms with Crippen LogP contribution in [0.25, 0.3) is 0 Å². The van der Waals surface area contributed by atoms with E-state index in [0.29, 0.717) is 0 Å². The largest absolute Gasteiger partial charge is 4.00 e. The van der Waals surface area contributed by atoms with Crippen molar-refractivity contribution in [3.63, 3.8) is 0 Å². The second-order valence-corrected chi connectivity index (χ2v) is 0. The summed E-state index contributed by atoms with van der Waals surface area (Å²) in [5.41, 5.74) is 0. The van der Waals surface area contributed by atoms with Gasteiger partial charge in [-0.15, -0.1) is 0 Å². The molecular weight excluding hydrogens is 178 g/mol. The normalized spacial score (nSPS) is 0. The molecule has 2 radical (unpaired) electrons. The Morgan fingerprint density at radius 1 is 0.429 bits per heavy atom. The molecule has 0 fully saturated rings. The van der Waals surface area contributed by atoms with Crippen LogP contribution in [-0.4, -0.2) is 0 Å². The molecule has 0 aliphatic heterocycles. The van der Waals surface area contributed by atoms with Gasteiger partial charge < -0.3 is 23.5 Å². The van der Waals surface area contributed by atoms with Crippen LogP contribution in [0.5, 0.6) is 0 Å². The molecule has 7 heteroatoms. The first-order chi connectivity index (χ1) is 0. The van der Waals surface area contributed by atoms with Crippen LogP contribution in [0, 0.1) is 12.4 Å². The third-order valence-corrected chi connectivity index (χ3v) is 0. The fourth-order valence-electron chi connectivity index (χ4n) is 0. The fraction of sp³-hybridized carbons (Fsp3) is 0. The summed E-state index contributed by atoms with van der Waals surface area (Å²) in [7, 11) is 0. The number of hydrogen-bond donors (Lipinski definition) is 0. The van der Waals surface area contributed by atoms with Gasteiger partial charge in [0.25, 0.3) is 0 Å². The summed E-state index contributed by atoms with van der Waals surface area (Å²) in [6, 6.07) is 0. The van der Waals surface area contributed by atoms with Crippen molar-refractivity contribution in [2.75, 3.05) is 0 Å². The molecule has 0 spiro atoms. The van der Waals surface area contributed by atoms with Crippen LogP contribution < -0.4 is 23.5 Å². The molecule has 0 bridgehead atoms. The molecule has 0 aliphatic rings. The molecule has 0 aromatic rings. The Balaban J connectivity index is 0. The first kappa shape index (κ1) is 792. The van der Waals surface area contributed by atoms with Gasteiger partial charge in [-0.25, -0.2) is 0 Å². The zero-order chi connectivity index (χ0) is 0. The minimum absolute atomic E-state index is 0. The summed E-state index contributed by atoms with van der Waals surface area (Å²) in [6.45, 7) is 0. The molecule has 0 atom stereocenters. The van der Waals surface area contributed by atoms with Crippen molar-refractivity contribution >= 4 is 0 Å². The third-order valence-electron chi connectivity index (χ3n) is 0. The van der Waals surface area contributed by atoms with Crippen molar-refractivity contribution in [3.05, 3.63) is 0 Å². The first-order valence-electron chi connectivity index (χ1n) is 0. The van der Waals surface area contributed by atoms with E-state index in [1.165, 1.54) is 0 Å². The number of hydrogen-bond acceptors (Lipinski definition) is 0. The van der Waals surface area contributed by atoms with Crippen LogP contribution in [0.1, 0.15) is 0 Å². The van der Waals surface area contributed by atoms with Gasteiger partial charge in [0.05, 0.1) is 0 Å². The molecule has 0 amide bonds. The van der Waals surface area contributed by atoms with Gasteiger partial charge in [0.2, 0.25) is 0 Å². The number of halogens is 6. The number of rotatable bonds is 0. The Morgan fingerprint density at radius 3 is 0.429 bits per heavy atom. The first-order valence-corrected chi connectivity index (χ1v) is 0. The summed E-state index contributed by atoms with van der Waals surface area (Å²) in [5, 5.41) is 0. The van der Waals surface area contributed by atoms with E-state index in [-0.39, 0.29) is 57.6 Å². The van der Waals surface area contributed by atoms with Crippen molar-refractivity contribution < 1.29 is 57.6 Å². The quantitative estimate of drug-likeness (QED) is 0.255. The Bertz CT molecular complexity index is 8.04. The van der Waals surface area contributed by atoms with E-state index in [2.05, 4.69) is 0 Å². The van der Waals surface area contributed by atoms with Gasteiger partial charge in [-0.1, -0.05) is 0 Å². The topological polar surface area (TPSA) is 0 Å². The summed E-state index contributed by atoms with van der Waals surface area (Å²) in [6.07, 6.45) is 0. The smallest absolute Gasteiger partial charge is 1.00 e. The third kappa shape index (κ3) is 337. The zero-order valence-corrected chi connectivity index (χ0v) is 5.09. The van der Waals surface area contributed by atoms with Crippen molar-refractivity contribution in [3.8, 4) is 0 Å². The Morgan fingerprint density at radius 2 is 0.429 bits per heavy atom. The molecule has 0 unspecified atom stereocenters. The van der Waals surface area contributed by atoms with Crippen LogP contribution in [-0.2, 0) is 21.7 Å². The summed E-state index contributed by atoms with van der Waals surface area (Å²) in [4.78, 5) is 0. The van der Waals surface area contributed by atoms with Crippen LogP contribution in [0.3, 0.4) is 0 Å². The molecule has 0 nitrogen and oxygen atoms in total. The van der Waals surface area contributed by atoms with E-state index in [1.807, 2.05) is 0 Å². The van der Waals surface area contributed by atoms with Gasteiger partial charge in [0.1, 0.15) is 0 Å². The average Bonchev–Trinajstić information content (AvgIpc) is 0. The summed E-state index contributed by atoms with van der Waals surface area (Å²) >= 11 is 0. The monoisotopic (exact) mass is 178 g/mol. The molecule has 0 aromatic carbocycles. The van der Waals surface area contributed by atoms with E-state index in [0.717, 1.165) is 0 Å². The fourth-order valence-corrected chi connectivity index (χ4v) is 0. The van der Waals surface area contributed by atoms with Gasteiger partial charge in [-0.2, -0.15) is 0 Å². The zero-order valence-electron chi connectivity index (χ0n) is 2.77. The Labute approximate surface area is 58.2 Å². The molecule has 0 saturated heterocycles. The summed E-state index contributed by atoms with van der Waals surface area (Å²) in [5.74, 6) is 0. The van der Waals surface area contributed by atoms with E-state index >= 15 is 0 Å². The molecular formula is ClF5Ti.